The first-order valence-electron chi connectivity index (χ1n) is 7.33. The topological polar surface area (TPSA) is 0 Å². The van der Waals surface area contributed by atoms with Crippen LogP contribution in [-0.2, 0) is 6.42 Å². The Bertz CT molecular complexity index is 428. The minimum Gasteiger partial charge on any atom is -0.0955 e. The molecule has 1 saturated carbocycles. The second-order valence-electron chi connectivity index (χ2n) is 6.15. The van der Waals surface area contributed by atoms with Gasteiger partial charge in [0.15, 0.2) is 0 Å². The van der Waals surface area contributed by atoms with Crippen LogP contribution < -0.4 is 0 Å². The van der Waals surface area contributed by atoms with Gasteiger partial charge in [-0.3, -0.25) is 0 Å². The molecule has 18 heavy (non-hydrogen) atoms. The molecule has 1 fully saturated rings. The molecule has 0 aromatic heterocycles. The summed E-state index contributed by atoms with van der Waals surface area (Å²) in [6, 6.07) is 6.79. The third kappa shape index (κ3) is 3.04. The third-order valence-electron chi connectivity index (χ3n) is 4.54. The van der Waals surface area contributed by atoms with Gasteiger partial charge in [0, 0.05) is 0 Å². The smallest absolute Gasteiger partial charge is 0.0201 e. The van der Waals surface area contributed by atoms with Crippen LogP contribution in [0.2, 0.25) is 0 Å². The van der Waals surface area contributed by atoms with Gasteiger partial charge in [-0.2, -0.15) is 0 Å². The van der Waals surface area contributed by atoms with E-state index in [0.717, 1.165) is 11.8 Å². The van der Waals surface area contributed by atoms with Crippen molar-refractivity contribution in [1.82, 2.24) is 0 Å². The number of benzene rings is 1. The van der Waals surface area contributed by atoms with Crippen LogP contribution in [0.3, 0.4) is 0 Å². The summed E-state index contributed by atoms with van der Waals surface area (Å²) < 4.78 is 0. The maximum absolute atomic E-state index is 4.11. The highest BCUT2D eigenvalue weighted by molar-refractivity contribution is 5.65. The van der Waals surface area contributed by atoms with Gasteiger partial charge in [0.25, 0.3) is 0 Å². The molecule has 0 radical (unpaired) electrons. The molecule has 0 amide bonds. The fourth-order valence-electron chi connectivity index (χ4n) is 3.34. The first-order chi connectivity index (χ1) is 8.58. The number of hydrogen-bond acceptors (Lipinski definition) is 0. The lowest BCUT2D eigenvalue weighted by atomic mass is 9.89. The number of rotatable bonds is 4. The highest BCUT2D eigenvalue weighted by Crippen LogP contribution is 2.35. The minimum atomic E-state index is 0.933. The van der Waals surface area contributed by atoms with E-state index in [2.05, 4.69) is 45.5 Å². The molecule has 1 aromatic carbocycles. The summed E-state index contributed by atoms with van der Waals surface area (Å²) in [6.07, 6.45) is 6.89. The van der Waals surface area contributed by atoms with Crippen molar-refractivity contribution in [2.24, 2.45) is 11.8 Å². The molecule has 1 aliphatic rings. The maximum atomic E-state index is 4.11. The van der Waals surface area contributed by atoms with Gasteiger partial charge in [0.1, 0.15) is 0 Å². The number of hydrogen-bond donors (Lipinski definition) is 0. The fraction of sp³-hybridized carbons (Fsp3) is 0.556. The minimum absolute atomic E-state index is 0.933. The Labute approximate surface area is 112 Å². The molecule has 0 N–H and O–H groups in total. The zero-order valence-corrected chi connectivity index (χ0v) is 12.1. The molecule has 2 atom stereocenters. The molecule has 0 nitrogen and oxygen atoms in total. The average molecular weight is 242 g/mol. The summed E-state index contributed by atoms with van der Waals surface area (Å²) in [5, 5.41) is 0. The molecular weight excluding hydrogens is 216 g/mol. The van der Waals surface area contributed by atoms with Crippen molar-refractivity contribution in [1.29, 1.82) is 0 Å². The first-order valence-corrected chi connectivity index (χ1v) is 7.33. The van der Waals surface area contributed by atoms with Crippen LogP contribution in [0.4, 0.5) is 0 Å². The Morgan fingerprint density at radius 1 is 1.33 bits per heavy atom. The van der Waals surface area contributed by atoms with E-state index in [1.807, 2.05) is 0 Å². The summed E-state index contributed by atoms with van der Waals surface area (Å²) in [5.74, 6) is 1.88. The predicted molar refractivity (Wildman–Crippen MR) is 80.7 cm³/mol. The molecule has 0 aliphatic heterocycles. The van der Waals surface area contributed by atoms with E-state index in [9.17, 15) is 0 Å². The molecule has 2 rings (SSSR count). The zero-order valence-electron chi connectivity index (χ0n) is 12.1. The lowest BCUT2D eigenvalue weighted by molar-refractivity contribution is 0.392. The second-order valence-corrected chi connectivity index (χ2v) is 6.15. The van der Waals surface area contributed by atoms with Crippen LogP contribution in [0.15, 0.2) is 24.8 Å². The maximum Gasteiger partial charge on any atom is -0.0201 e. The summed E-state index contributed by atoms with van der Waals surface area (Å²) in [4.78, 5) is 0. The van der Waals surface area contributed by atoms with Gasteiger partial charge in [0.05, 0.1) is 0 Å². The summed E-state index contributed by atoms with van der Waals surface area (Å²) >= 11 is 0. The standard InChI is InChI=1S/C18H26/c1-13(2)18-11-8-14(3)12-17(18)10-9-16-7-5-6-15(16)4/h8,11-12,15-16H,1,5-7,9-10H2,2-4H3/t15-,16+/m0/s1. The lowest BCUT2D eigenvalue weighted by Crippen LogP contribution is -2.06. The summed E-state index contributed by atoms with van der Waals surface area (Å²) in [5.41, 5.74) is 5.44. The Morgan fingerprint density at radius 2 is 2.11 bits per heavy atom. The molecule has 98 valence electrons. The SMILES string of the molecule is C=C(C)c1ccc(C)cc1CC[C@H]1CCC[C@@H]1C. The molecule has 0 heteroatoms. The van der Waals surface area contributed by atoms with E-state index < -0.39 is 0 Å². The number of aryl methyl sites for hydroxylation is 2. The average Bonchev–Trinajstić information content (AvgIpc) is 2.72. The third-order valence-corrected chi connectivity index (χ3v) is 4.54. The van der Waals surface area contributed by atoms with Gasteiger partial charge in [-0.1, -0.05) is 62.1 Å². The quantitative estimate of drug-likeness (QED) is 0.663. The Kier molecular flexibility index (Phi) is 4.27. The molecular formula is C18H26. The lowest BCUT2D eigenvalue weighted by Gasteiger charge is -2.17. The molecule has 0 unspecified atom stereocenters. The fourth-order valence-corrected chi connectivity index (χ4v) is 3.34. The van der Waals surface area contributed by atoms with Crippen LogP contribution in [0.25, 0.3) is 5.57 Å². The van der Waals surface area contributed by atoms with Crippen LogP contribution in [-0.4, -0.2) is 0 Å². The van der Waals surface area contributed by atoms with Crippen LogP contribution in [0, 0.1) is 18.8 Å². The van der Waals surface area contributed by atoms with Crippen molar-refractivity contribution < 1.29 is 0 Å². The molecule has 1 aliphatic carbocycles. The van der Waals surface area contributed by atoms with Gasteiger partial charge in [-0.05, 0) is 49.7 Å². The van der Waals surface area contributed by atoms with E-state index in [1.54, 1.807) is 0 Å². The van der Waals surface area contributed by atoms with E-state index in [4.69, 9.17) is 0 Å². The Morgan fingerprint density at radius 3 is 2.72 bits per heavy atom. The van der Waals surface area contributed by atoms with E-state index >= 15 is 0 Å². The summed E-state index contributed by atoms with van der Waals surface area (Å²) in [7, 11) is 0. The van der Waals surface area contributed by atoms with Crippen molar-refractivity contribution in [3.63, 3.8) is 0 Å². The van der Waals surface area contributed by atoms with E-state index in [0.29, 0.717) is 0 Å². The van der Waals surface area contributed by atoms with Crippen molar-refractivity contribution in [3.05, 3.63) is 41.5 Å². The van der Waals surface area contributed by atoms with Gasteiger partial charge in [-0.15, -0.1) is 0 Å². The van der Waals surface area contributed by atoms with Crippen LogP contribution in [0.1, 0.15) is 56.2 Å². The highest BCUT2D eigenvalue weighted by atomic mass is 14.3. The van der Waals surface area contributed by atoms with Crippen molar-refractivity contribution in [3.8, 4) is 0 Å². The molecule has 0 spiro atoms. The van der Waals surface area contributed by atoms with Gasteiger partial charge >= 0.3 is 0 Å². The van der Waals surface area contributed by atoms with Gasteiger partial charge < -0.3 is 0 Å². The van der Waals surface area contributed by atoms with Crippen molar-refractivity contribution in [2.75, 3.05) is 0 Å². The molecule has 0 heterocycles. The monoisotopic (exact) mass is 242 g/mol. The van der Waals surface area contributed by atoms with E-state index in [-0.39, 0.29) is 0 Å². The Balaban J connectivity index is 2.08. The normalized spacial score (nSPS) is 23.3. The van der Waals surface area contributed by atoms with Gasteiger partial charge in [-0.25, -0.2) is 0 Å². The van der Waals surface area contributed by atoms with E-state index in [1.165, 1.54) is 54.4 Å². The Hall–Kier alpha value is -1.04. The summed E-state index contributed by atoms with van der Waals surface area (Å²) in [6.45, 7) is 10.8. The van der Waals surface area contributed by atoms with Crippen molar-refractivity contribution >= 4 is 5.57 Å². The van der Waals surface area contributed by atoms with Crippen LogP contribution in [0.5, 0.6) is 0 Å². The molecule has 0 bridgehead atoms. The molecule has 0 saturated heterocycles. The second kappa shape index (κ2) is 5.73. The highest BCUT2D eigenvalue weighted by Gasteiger charge is 2.23. The van der Waals surface area contributed by atoms with Gasteiger partial charge in [0.2, 0.25) is 0 Å². The zero-order chi connectivity index (χ0) is 13.1. The first kappa shape index (κ1) is 13.4. The number of allylic oxidation sites excluding steroid dienone is 1. The largest absolute Gasteiger partial charge is 0.0955 e. The predicted octanol–water partition coefficient (Wildman–Crippen LogP) is 5.40. The molecule has 1 aromatic rings. The van der Waals surface area contributed by atoms with Crippen molar-refractivity contribution in [2.45, 2.75) is 52.9 Å². The van der Waals surface area contributed by atoms with Crippen LogP contribution >= 0.6 is 0 Å².